The van der Waals surface area contributed by atoms with Gasteiger partial charge in [-0.25, -0.2) is 0 Å². The van der Waals surface area contributed by atoms with Crippen molar-refractivity contribution in [2.24, 2.45) is 0 Å². The van der Waals surface area contributed by atoms with Crippen molar-refractivity contribution in [1.29, 1.82) is 10.8 Å². The molecule has 1 aliphatic heterocycles. The van der Waals surface area contributed by atoms with Gasteiger partial charge in [-0.05, 0) is 37.3 Å². The summed E-state index contributed by atoms with van der Waals surface area (Å²) in [6.45, 7) is 3.96. The van der Waals surface area contributed by atoms with Gasteiger partial charge in [-0.2, -0.15) is 0 Å². The van der Waals surface area contributed by atoms with E-state index in [0.29, 0.717) is 5.96 Å². The van der Waals surface area contributed by atoms with Crippen LogP contribution in [0.1, 0.15) is 38.2 Å². The lowest BCUT2D eigenvalue weighted by atomic mass is 10.1. The highest BCUT2D eigenvalue weighted by Crippen LogP contribution is 2.16. The van der Waals surface area contributed by atoms with Gasteiger partial charge >= 0.3 is 0 Å². The van der Waals surface area contributed by atoms with Gasteiger partial charge in [0.05, 0.1) is 0 Å². The van der Waals surface area contributed by atoms with Crippen LogP contribution in [0.3, 0.4) is 0 Å². The minimum atomic E-state index is 0.161. The third-order valence-electron chi connectivity index (χ3n) is 3.71. The molecule has 0 bridgehead atoms. The second-order valence-corrected chi connectivity index (χ2v) is 5.43. The highest BCUT2D eigenvalue weighted by molar-refractivity contribution is 6.02. The maximum absolute atomic E-state index is 8.05. The molecule has 1 saturated heterocycles. The van der Waals surface area contributed by atoms with Crippen LogP contribution in [0, 0.1) is 10.8 Å². The summed E-state index contributed by atoms with van der Waals surface area (Å²) in [6, 6.07) is 8.04. The Morgan fingerprint density at radius 2 is 1.86 bits per heavy atom. The fraction of sp³-hybridized carbons (Fsp3) is 0.500. The zero-order valence-corrected chi connectivity index (χ0v) is 12.7. The van der Waals surface area contributed by atoms with Gasteiger partial charge in [-0.1, -0.05) is 31.5 Å². The van der Waals surface area contributed by atoms with Crippen molar-refractivity contribution in [3.05, 3.63) is 29.8 Å². The first-order valence-corrected chi connectivity index (χ1v) is 7.74. The van der Waals surface area contributed by atoms with Crippen LogP contribution in [0.4, 0.5) is 5.69 Å². The molecular formula is C16H25N5. The molecule has 114 valence electrons. The first kappa shape index (κ1) is 15.4. The Balaban J connectivity index is 1.90. The normalized spacial score (nSPS) is 14.6. The van der Waals surface area contributed by atoms with E-state index in [1.165, 1.54) is 12.0 Å². The minimum absolute atomic E-state index is 0.161. The third kappa shape index (κ3) is 4.48. The van der Waals surface area contributed by atoms with Crippen LogP contribution in [0.5, 0.6) is 0 Å². The number of hydrogen-bond acceptors (Lipinski definition) is 2. The van der Waals surface area contributed by atoms with Crippen LogP contribution in [-0.4, -0.2) is 29.9 Å². The van der Waals surface area contributed by atoms with Crippen LogP contribution in [0.15, 0.2) is 24.3 Å². The number of guanidine groups is 2. The second-order valence-electron chi connectivity index (χ2n) is 5.43. The summed E-state index contributed by atoms with van der Waals surface area (Å²) < 4.78 is 0. The van der Waals surface area contributed by atoms with Crippen LogP contribution in [0.2, 0.25) is 0 Å². The first-order chi connectivity index (χ1) is 10.2. The van der Waals surface area contributed by atoms with Crippen molar-refractivity contribution in [2.45, 2.75) is 39.0 Å². The van der Waals surface area contributed by atoms with Gasteiger partial charge in [0.25, 0.3) is 0 Å². The van der Waals surface area contributed by atoms with E-state index in [2.05, 4.69) is 23.6 Å². The molecule has 5 nitrogen and oxygen atoms in total. The number of hydrogen-bond donors (Lipinski definition) is 4. The molecule has 0 aromatic heterocycles. The van der Waals surface area contributed by atoms with E-state index in [0.717, 1.165) is 44.5 Å². The number of nitrogens with one attached hydrogen (secondary N) is 4. The summed E-state index contributed by atoms with van der Waals surface area (Å²) in [5.74, 6) is 0.481. The molecule has 0 spiro atoms. The van der Waals surface area contributed by atoms with Gasteiger partial charge in [0.2, 0.25) is 0 Å². The average Bonchev–Trinajstić information content (AvgIpc) is 2.50. The molecular weight excluding hydrogens is 262 g/mol. The van der Waals surface area contributed by atoms with Gasteiger partial charge < -0.3 is 10.2 Å². The van der Waals surface area contributed by atoms with Crippen LogP contribution >= 0.6 is 0 Å². The summed E-state index contributed by atoms with van der Waals surface area (Å²) in [4.78, 5) is 2.00. The molecule has 0 aliphatic carbocycles. The van der Waals surface area contributed by atoms with E-state index < -0.39 is 0 Å². The summed E-state index contributed by atoms with van der Waals surface area (Å²) in [7, 11) is 0. The Morgan fingerprint density at radius 1 is 1.14 bits per heavy atom. The molecule has 2 rings (SSSR count). The molecule has 0 atom stereocenters. The Kier molecular flexibility index (Phi) is 5.60. The van der Waals surface area contributed by atoms with Crippen molar-refractivity contribution in [3.63, 3.8) is 0 Å². The van der Waals surface area contributed by atoms with E-state index in [4.69, 9.17) is 10.8 Å². The Labute approximate surface area is 126 Å². The molecule has 1 aliphatic rings. The first-order valence-electron chi connectivity index (χ1n) is 7.74. The largest absolute Gasteiger partial charge is 0.343 e. The molecule has 4 N–H and O–H groups in total. The summed E-state index contributed by atoms with van der Waals surface area (Å²) in [5, 5.41) is 22.0. The fourth-order valence-electron chi connectivity index (χ4n) is 2.61. The molecule has 1 fully saturated rings. The quantitative estimate of drug-likeness (QED) is 0.510. The number of rotatable bonds is 3. The number of nitrogens with zero attached hydrogens (tertiary/aromatic N) is 1. The van der Waals surface area contributed by atoms with Crippen molar-refractivity contribution >= 4 is 17.6 Å². The van der Waals surface area contributed by atoms with Crippen molar-refractivity contribution in [1.82, 2.24) is 10.2 Å². The summed E-state index contributed by atoms with van der Waals surface area (Å²) >= 11 is 0. The Morgan fingerprint density at radius 3 is 2.57 bits per heavy atom. The van der Waals surface area contributed by atoms with Gasteiger partial charge in [0.15, 0.2) is 11.9 Å². The van der Waals surface area contributed by atoms with Gasteiger partial charge in [-0.3, -0.25) is 16.1 Å². The molecule has 5 heteroatoms. The average molecular weight is 287 g/mol. The molecule has 1 heterocycles. The molecule has 0 radical (unpaired) electrons. The topological polar surface area (TPSA) is 75.0 Å². The smallest absolute Gasteiger partial charge is 0.199 e. The second kappa shape index (κ2) is 7.67. The van der Waals surface area contributed by atoms with Crippen LogP contribution < -0.4 is 10.6 Å². The van der Waals surface area contributed by atoms with Crippen LogP contribution in [0.25, 0.3) is 0 Å². The number of benzene rings is 1. The molecule has 1 aromatic rings. The lowest BCUT2D eigenvalue weighted by molar-refractivity contribution is 0.334. The number of para-hydroxylation sites is 1. The number of likely N-dealkylation sites (tertiary alicyclic amines) is 1. The third-order valence-corrected chi connectivity index (χ3v) is 3.71. The van der Waals surface area contributed by atoms with Crippen LogP contribution in [-0.2, 0) is 6.42 Å². The van der Waals surface area contributed by atoms with Gasteiger partial charge in [0.1, 0.15) is 0 Å². The van der Waals surface area contributed by atoms with E-state index in [9.17, 15) is 0 Å². The standard InChI is InChI=1S/C16H25N5/c1-2-8-13-9-4-5-10-14(13)19-15(17)20-16(18)21-11-6-3-7-12-21/h4-5,9-10H,2-3,6-8,11-12H2,1H3,(H4,17,18,19,20). The van der Waals surface area contributed by atoms with E-state index >= 15 is 0 Å². The highest BCUT2D eigenvalue weighted by atomic mass is 15.3. The molecule has 0 unspecified atom stereocenters. The molecule has 1 aromatic carbocycles. The summed E-state index contributed by atoms with van der Waals surface area (Å²) in [5.41, 5.74) is 2.15. The Bertz CT molecular complexity index is 491. The minimum Gasteiger partial charge on any atom is -0.343 e. The summed E-state index contributed by atoms with van der Waals surface area (Å²) in [6.07, 6.45) is 5.56. The van der Waals surface area contributed by atoms with E-state index in [1.807, 2.05) is 23.1 Å². The SMILES string of the molecule is CCCc1ccccc1NC(=N)NC(=N)N1CCCCC1. The molecule has 21 heavy (non-hydrogen) atoms. The van der Waals surface area contributed by atoms with Crippen molar-refractivity contribution in [3.8, 4) is 0 Å². The number of piperidine rings is 1. The monoisotopic (exact) mass is 287 g/mol. The van der Waals surface area contributed by atoms with E-state index in [-0.39, 0.29) is 5.96 Å². The van der Waals surface area contributed by atoms with Crippen molar-refractivity contribution < 1.29 is 0 Å². The maximum atomic E-state index is 8.05. The van der Waals surface area contributed by atoms with E-state index in [1.54, 1.807) is 0 Å². The zero-order chi connectivity index (χ0) is 15.1. The maximum Gasteiger partial charge on any atom is 0.199 e. The number of aryl methyl sites for hydroxylation is 1. The predicted octanol–water partition coefficient (Wildman–Crippen LogP) is 3.00. The molecule has 0 amide bonds. The predicted molar refractivity (Wildman–Crippen MR) is 88.1 cm³/mol. The molecule has 0 saturated carbocycles. The van der Waals surface area contributed by atoms with Gasteiger partial charge in [0, 0.05) is 18.8 Å². The zero-order valence-electron chi connectivity index (χ0n) is 12.7. The fourth-order valence-corrected chi connectivity index (χ4v) is 2.61. The highest BCUT2D eigenvalue weighted by Gasteiger charge is 2.14. The number of anilines is 1. The lowest BCUT2D eigenvalue weighted by Gasteiger charge is -2.29. The Hall–Kier alpha value is -2.04. The van der Waals surface area contributed by atoms with Crippen molar-refractivity contribution in [2.75, 3.05) is 18.4 Å². The van der Waals surface area contributed by atoms with Gasteiger partial charge in [-0.15, -0.1) is 0 Å². The lowest BCUT2D eigenvalue weighted by Crippen LogP contribution is -2.47.